The fourth-order valence-electron chi connectivity index (χ4n) is 2.53. The van der Waals surface area contributed by atoms with Gasteiger partial charge in [0.1, 0.15) is 11.5 Å². The molecule has 1 unspecified atom stereocenters. The quantitative estimate of drug-likeness (QED) is 0.893. The molecule has 116 valence electrons. The van der Waals surface area contributed by atoms with E-state index in [-0.39, 0.29) is 5.91 Å². The van der Waals surface area contributed by atoms with E-state index in [0.717, 1.165) is 31.6 Å². The number of carbonyl (C=O) groups is 1. The first kappa shape index (κ1) is 15.8. The highest BCUT2D eigenvalue weighted by atomic mass is 16.3. The number of hydrogen-bond acceptors (Lipinski definition) is 4. The molecule has 1 aromatic heterocycles. The number of rotatable bonds is 4. The average molecular weight is 291 g/mol. The Balaban J connectivity index is 2.05. The van der Waals surface area contributed by atoms with Crippen LogP contribution in [0.25, 0.3) is 0 Å². The first-order valence-electron chi connectivity index (χ1n) is 7.74. The Morgan fingerprint density at radius 3 is 3.00 bits per heavy atom. The first-order chi connectivity index (χ1) is 10.0. The summed E-state index contributed by atoms with van der Waals surface area (Å²) in [5.74, 6) is 0.692. The molecule has 2 heterocycles. The van der Waals surface area contributed by atoms with Gasteiger partial charge in [-0.2, -0.15) is 0 Å². The predicted molar refractivity (Wildman–Crippen MR) is 83.4 cm³/mol. The van der Waals surface area contributed by atoms with Crippen LogP contribution < -0.4 is 5.32 Å². The van der Waals surface area contributed by atoms with Crippen LogP contribution in [0.3, 0.4) is 0 Å². The lowest BCUT2D eigenvalue weighted by molar-refractivity contribution is 0.0437. The van der Waals surface area contributed by atoms with Crippen molar-refractivity contribution in [2.24, 2.45) is 0 Å². The highest BCUT2D eigenvalue weighted by Crippen LogP contribution is 2.22. The number of carbonyl (C=O) groups excluding carboxylic acids is 1. The van der Waals surface area contributed by atoms with Gasteiger partial charge in [-0.1, -0.05) is 13.0 Å². The molecule has 0 radical (unpaired) electrons. The van der Waals surface area contributed by atoms with Crippen molar-refractivity contribution < 1.29 is 9.90 Å². The minimum Gasteiger partial charge on any atom is -0.390 e. The minimum atomic E-state index is -0.660. The summed E-state index contributed by atoms with van der Waals surface area (Å²) < 4.78 is 0. The maximum absolute atomic E-state index is 12.5. The molecule has 1 atom stereocenters. The predicted octanol–water partition coefficient (Wildman–Crippen LogP) is 2.28. The van der Waals surface area contributed by atoms with Gasteiger partial charge >= 0.3 is 0 Å². The molecule has 1 aliphatic heterocycles. The molecule has 1 aromatic rings. The molecule has 1 saturated heterocycles. The molecule has 1 aliphatic rings. The van der Waals surface area contributed by atoms with Gasteiger partial charge in [0.25, 0.3) is 5.91 Å². The van der Waals surface area contributed by atoms with Crippen molar-refractivity contribution in [2.75, 3.05) is 25.0 Å². The van der Waals surface area contributed by atoms with Crippen LogP contribution in [0.15, 0.2) is 18.2 Å². The van der Waals surface area contributed by atoms with Gasteiger partial charge in [0.2, 0.25) is 0 Å². The van der Waals surface area contributed by atoms with Gasteiger partial charge in [0.05, 0.1) is 5.60 Å². The molecule has 2 rings (SSSR count). The molecular weight excluding hydrogens is 266 g/mol. The Morgan fingerprint density at radius 2 is 2.24 bits per heavy atom. The lowest BCUT2D eigenvalue weighted by atomic mass is 9.98. The molecule has 5 nitrogen and oxygen atoms in total. The maximum atomic E-state index is 12.5. The van der Waals surface area contributed by atoms with Crippen LogP contribution >= 0.6 is 0 Å². The molecular formula is C16H25N3O2. The highest BCUT2D eigenvalue weighted by Gasteiger charge is 2.27. The summed E-state index contributed by atoms with van der Waals surface area (Å²) in [4.78, 5) is 18.7. The summed E-state index contributed by atoms with van der Waals surface area (Å²) >= 11 is 0. The van der Waals surface area contributed by atoms with Crippen LogP contribution in [-0.2, 0) is 0 Å². The summed E-state index contributed by atoms with van der Waals surface area (Å²) in [5, 5.41) is 13.3. The van der Waals surface area contributed by atoms with E-state index in [2.05, 4.69) is 17.2 Å². The number of aliphatic hydroxyl groups is 1. The van der Waals surface area contributed by atoms with Gasteiger partial charge in [0.15, 0.2) is 0 Å². The van der Waals surface area contributed by atoms with Crippen molar-refractivity contribution >= 4 is 11.7 Å². The summed E-state index contributed by atoms with van der Waals surface area (Å²) in [6.07, 6.45) is 3.20. The standard InChI is InChI=1S/C16H25N3O2/c1-3-10-17-14-7-4-6-13(18-14)15(20)19-11-5-8-16(2,21)9-12-19/h4,6-7,21H,3,5,8-12H2,1-2H3,(H,17,18). The lowest BCUT2D eigenvalue weighted by Gasteiger charge is -2.22. The zero-order valence-electron chi connectivity index (χ0n) is 12.9. The Hall–Kier alpha value is -1.62. The van der Waals surface area contributed by atoms with Crippen molar-refractivity contribution in [1.82, 2.24) is 9.88 Å². The van der Waals surface area contributed by atoms with E-state index in [0.29, 0.717) is 25.2 Å². The Bertz CT molecular complexity index is 488. The van der Waals surface area contributed by atoms with Gasteiger partial charge in [-0.3, -0.25) is 4.79 Å². The van der Waals surface area contributed by atoms with E-state index in [1.807, 2.05) is 19.1 Å². The van der Waals surface area contributed by atoms with Gasteiger partial charge in [-0.15, -0.1) is 0 Å². The van der Waals surface area contributed by atoms with Crippen LogP contribution in [-0.4, -0.2) is 46.1 Å². The van der Waals surface area contributed by atoms with E-state index in [1.54, 1.807) is 11.0 Å². The Kier molecular flexibility index (Phi) is 5.17. The average Bonchev–Trinajstić information content (AvgIpc) is 2.65. The molecule has 1 amide bonds. The molecule has 0 aliphatic carbocycles. The summed E-state index contributed by atoms with van der Waals surface area (Å²) in [7, 11) is 0. The topological polar surface area (TPSA) is 65.5 Å². The number of nitrogens with zero attached hydrogens (tertiary/aromatic N) is 2. The number of likely N-dealkylation sites (tertiary alicyclic amines) is 1. The molecule has 0 spiro atoms. The van der Waals surface area contributed by atoms with Crippen molar-refractivity contribution in [2.45, 2.75) is 45.1 Å². The van der Waals surface area contributed by atoms with E-state index >= 15 is 0 Å². The van der Waals surface area contributed by atoms with Crippen LogP contribution in [0.2, 0.25) is 0 Å². The first-order valence-corrected chi connectivity index (χ1v) is 7.74. The van der Waals surface area contributed by atoms with Crippen molar-refractivity contribution in [3.05, 3.63) is 23.9 Å². The Labute approximate surface area is 126 Å². The fourth-order valence-corrected chi connectivity index (χ4v) is 2.53. The van der Waals surface area contributed by atoms with Crippen LogP contribution in [0.5, 0.6) is 0 Å². The number of nitrogens with one attached hydrogen (secondary N) is 1. The maximum Gasteiger partial charge on any atom is 0.272 e. The van der Waals surface area contributed by atoms with E-state index < -0.39 is 5.60 Å². The van der Waals surface area contributed by atoms with E-state index in [1.165, 1.54) is 0 Å². The van der Waals surface area contributed by atoms with E-state index in [9.17, 15) is 9.90 Å². The Morgan fingerprint density at radius 1 is 1.43 bits per heavy atom. The molecule has 0 bridgehead atoms. The van der Waals surface area contributed by atoms with Crippen molar-refractivity contribution in [1.29, 1.82) is 0 Å². The molecule has 2 N–H and O–H groups in total. The summed E-state index contributed by atoms with van der Waals surface area (Å²) in [6, 6.07) is 5.48. The smallest absolute Gasteiger partial charge is 0.272 e. The molecule has 0 saturated carbocycles. The number of anilines is 1. The summed E-state index contributed by atoms with van der Waals surface area (Å²) in [6.45, 7) is 6.04. The zero-order chi connectivity index (χ0) is 15.3. The lowest BCUT2D eigenvalue weighted by Crippen LogP contribution is -2.34. The third-order valence-corrected chi connectivity index (χ3v) is 3.88. The van der Waals surface area contributed by atoms with E-state index in [4.69, 9.17) is 0 Å². The van der Waals surface area contributed by atoms with Crippen LogP contribution in [0.1, 0.15) is 50.0 Å². The van der Waals surface area contributed by atoms with Gasteiger partial charge < -0.3 is 15.3 Å². The van der Waals surface area contributed by atoms with Gasteiger partial charge in [0, 0.05) is 19.6 Å². The number of amides is 1. The minimum absolute atomic E-state index is 0.0483. The molecule has 5 heteroatoms. The molecule has 1 fully saturated rings. The SMILES string of the molecule is CCCNc1cccc(C(=O)N2CCCC(C)(O)CC2)n1. The third-order valence-electron chi connectivity index (χ3n) is 3.88. The second kappa shape index (κ2) is 6.89. The van der Waals surface area contributed by atoms with Crippen LogP contribution in [0, 0.1) is 0 Å². The van der Waals surface area contributed by atoms with Crippen LogP contribution in [0.4, 0.5) is 5.82 Å². The number of hydrogen-bond donors (Lipinski definition) is 2. The second-order valence-corrected chi connectivity index (χ2v) is 5.98. The molecule has 0 aromatic carbocycles. The van der Waals surface area contributed by atoms with Gasteiger partial charge in [-0.05, 0) is 44.7 Å². The number of pyridine rings is 1. The highest BCUT2D eigenvalue weighted by molar-refractivity contribution is 5.92. The largest absolute Gasteiger partial charge is 0.390 e. The fraction of sp³-hybridized carbons (Fsp3) is 0.625. The molecule has 21 heavy (non-hydrogen) atoms. The zero-order valence-corrected chi connectivity index (χ0v) is 12.9. The number of aromatic nitrogens is 1. The van der Waals surface area contributed by atoms with Gasteiger partial charge in [-0.25, -0.2) is 4.98 Å². The third kappa shape index (κ3) is 4.43. The monoisotopic (exact) mass is 291 g/mol. The normalized spacial score (nSPS) is 22.7. The summed E-state index contributed by atoms with van der Waals surface area (Å²) in [5.41, 5.74) is -0.190. The van der Waals surface area contributed by atoms with Crippen molar-refractivity contribution in [3.8, 4) is 0 Å². The second-order valence-electron chi connectivity index (χ2n) is 5.98. The van der Waals surface area contributed by atoms with Crippen molar-refractivity contribution in [3.63, 3.8) is 0 Å².